The molecule has 2 fully saturated rings. The Morgan fingerprint density at radius 2 is 1.94 bits per heavy atom. The summed E-state index contributed by atoms with van der Waals surface area (Å²) in [4.78, 5) is 11.7. The summed E-state index contributed by atoms with van der Waals surface area (Å²) < 4.78 is 4.15. The molecule has 1 aromatic carbocycles. The number of anilines is 1. The molecule has 2 atom stereocenters. The van der Waals surface area contributed by atoms with Gasteiger partial charge in [-0.15, -0.1) is 0 Å². The van der Waals surface area contributed by atoms with Crippen molar-refractivity contribution in [3.05, 3.63) is 30.3 Å². The first-order valence-electron chi connectivity index (χ1n) is 6.20. The van der Waals surface area contributed by atoms with Crippen molar-refractivity contribution in [1.29, 1.82) is 0 Å². The molecule has 3 nitrogen and oxygen atoms in total. The van der Waals surface area contributed by atoms with E-state index in [-0.39, 0.29) is 0 Å². The van der Waals surface area contributed by atoms with Crippen LogP contribution < -0.4 is 4.90 Å². The Morgan fingerprint density at radius 1 is 1.29 bits per heavy atom. The van der Waals surface area contributed by atoms with Crippen LogP contribution in [0.25, 0.3) is 0 Å². The molecular formula is C14H19NO2. The van der Waals surface area contributed by atoms with E-state index >= 15 is 0 Å². The van der Waals surface area contributed by atoms with Crippen molar-refractivity contribution in [3.63, 3.8) is 0 Å². The number of benzene rings is 1. The molecule has 17 heavy (non-hydrogen) atoms. The van der Waals surface area contributed by atoms with E-state index in [0.29, 0.717) is 13.1 Å². The van der Waals surface area contributed by atoms with Crippen LogP contribution in [-0.4, -0.2) is 26.2 Å². The monoisotopic (exact) mass is 233 g/mol. The van der Waals surface area contributed by atoms with E-state index in [1.165, 1.54) is 25.2 Å². The maximum absolute atomic E-state index is 9.18. The lowest BCUT2D eigenvalue weighted by molar-refractivity contribution is -0.128. The second-order valence-electron chi connectivity index (χ2n) is 4.55. The molecule has 0 aromatic heterocycles. The molecule has 0 bridgehead atoms. The molecule has 0 amide bonds. The summed E-state index contributed by atoms with van der Waals surface area (Å²) in [6.07, 6.45) is 1.49. The maximum atomic E-state index is 9.18. The lowest BCUT2D eigenvalue weighted by atomic mass is 10.3. The van der Waals surface area contributed by atoms with E-state index in [0.717, 1.165) is 11.8 Å². The highest BCUT2D eigenvalue weighted by Crippen LogP contribution is 2.46. The zero-order valence-electron chi connectivity index (χ0n) is 10.2. The SMILES string of the molecule is CCOC=O.c1ccc(N2CC3CC3C2)cc1. The van der Waals surface area contributed by atoms with Crippen LogP contribution in [0.1, 0.15) is 13.3 Å². The van der Waals surface area contributed by atoms with E-state index in [2.05, 4.69) is 40.0 Å². The topological polar surface area (TPSA) is 29.5 Å². The molecule has 1 heterocycles. The van der Waals surface area contributed by atoms with Crippen molar-refractivity contribution in [2.45, 2.75) is 13.3 Å². The zero-order chi connectivity index (χ0) is 12.1. The van der Waals surface area contributed by atoms with E-state index in [4.69, 9.17) is 0 Å². The van der Waals surface area contributed by atoms with E-state index in [1.807, 2.05) is 0 Å². The Kier molecular flexibility index (Phi) is 4.02. The highest BCUT2D eigenvalue weighted by atomic mass is 16.5. The number of piperidine rings is 1. The first-order valence-corrected chi connectivity index (χ1v) is 6.20. The summed E-state index contributed by atoms with van der Waals surface area (Å²) in [5.41, 5.74) is 1.41. The molecule has 1 aliphatic heterocycles. The number of nitrogens with zero attached hydrogens (tertiary/aromatic N) is 1. The second-order valence-corrected chi connectivity index (χ2v) is 4.55. The third-order valence-electron chi connectivity index (χ3n) is 3.33. The molecular weight excluding hydrogens is 214 g/mol. The summed E-state index contributed by atoms with van der Waals surface area (Å²) in [7, 11) is 0. The van der Waals surface area contributed by atoms with Crippen LogP contribution in [0.2, 0.25) is 0 Å². The van der Waals surface area contributed by atoms with Gasteiger partial charge in [-0.05, 0) is 37.3 Å². The third kappa shape index (κ3) is 3.22. The van der Waals surface area contributed by atoms with Gasteiger partial charge in [-0.25, -0.2) is 0 Å². The Bertz CT molecular complexity index is 342. The van der Waals surface area contributed by atoms with Gasteiger partial charge in [-0.2, -0.15) is 0 Å². The van der Waals surface area contributed by atoms with Gasteiger partial charge in [-0.1, -0.05) is 18.2 Å². The Hall–Kier alpha value is -1.51. The Balaban J connectivity index is 0.000000188. The predicted molar refractivity (Wildman–Crippen MR) is 67.9 cm³/mol. The number of para-hydroxylation sites is 1. The summed E-state index contributed by atoms with van der Waals surface area (Å²) in [5, 5.41) is 0. The highest BCUT2D eigenvalue weighted by molar-refractivity contribution is 5.48. The minimum atomic E-state index is 0.431. The summed E-state index contributed by atoms with van der Waals surface area (Å²) in [6.45, 7) is 5.27. The van der Waals surface area contributed by atoms with Gasteiger partial charge in [0.05, 0.1) is 6.61 Å². The largest absolute Gasteiger partial charge is 0.468 e. The molecule has 3 rings (SSSR count). The summed E-state index contributed by atoms with van der Waals surface area (Å²) in [6, 6.07) is 10.8. The van der Waals surface area contributed by atoms with E-state index in [1.54, 1.807) is 6.92 Å². The fraction of sp³-hybridized carbons (Fsp3) is 0.500. The molecule has 0 N–H and O–H groups in total. The van der Waals surface area contributed by atoms with Crippen LogP contribution in [-0.2, 0) is 9.53 Å². The molecule has 92 valence electrons. The van der Waals surface area contributed by atoms with Crippen molar-refractivity contribution >= 4 is 12.2 Å². The molecule has 0 spiro atoms. The number of ether oxygens (including phenoxy) is 1. The van der Waals surface area contributed by atoms with Gasteiger partial charge >= 0.3 is 0 Å². The number of hydrogen-bond acceptors (Lipinski definition) is 3. The average Bonchev–Trinajstić information content (AvgIpc) is 2.99. The van der Waals surface area contributed by atoms with Crippen LogP contribution in [0, 0.1) is 11.8 Å². The van der Waals surface area contributed by atoms with Crippen LogP contribution in [0.5, 0.6) is 0 Å². The normalized spacial score (nSPS) is 24.4. The Morgan fingerprint density at radius 3 is 2.41 bits per heavy atom. The molecule has 2 unspecified atom stereocenters. The first-order chi connectivity index (χ1) is 8.35. The number of carbonyl (C=O) groups is 1. The van der Waals surface area contributed by atoms with Gasteiger partial charge in [-0.3, -0.25) is 4.79 Å². The maximum Gasteiger partial charge on any atom is 0.293 e. The van der Waals surface area contributed by atoms with Crippen molar-refractivity contribution in [2.75, 3.05) is 24.6 Å². The van der Waals surface area contributed by atoms with Crippen molar-refractivity contribution in [3.8, 4) is 0 Å². The summed E-state index contributed by atoms with van der Waals surface area (Å²) >= 11 is 0. The predicted octanol–water partition coefficient (Wildman–Crippen LogP) is 2.32. The van der Waals surface area contributed by atoms with Crippen LogP contribution >= 0.6 is 0 Å². The lowest BCUT2D eigenvalue weighted by Gasteiger charge is -2.19. The average molecular weight is 233 g/mol. The van der Waals surface area contributed by atoms with Gasteiger partial charge < -0.3 is 9.64 Å². The molecule has 1 aromatic rings. The van der Waals surface area contributed by atoms with Crippen molar-refractivity contribution in [2.24, 2.45) is 11.8 Å². The van der Waals surface area contributed by atoms with Crippen molar-refractivity contribution in [1.82, 2.24) is 0 Å². The first kappa shape index (κ1) is 12.0. The van der Waals surface area contributed by atoms with Crippen molar-refractivity contribution < 1.29 is 9.53 Å². The van der Waals surface area contributed by atoms with Crippen LogP contribution in [0.15, 0.2) is 30.3 Å². The summed E-state index contributed by atoms with van der Waals surface area (Å²) in [5.74, 6) is 2.07. The Labute approximate surface area is 102 Å². The van der Waals surface area contributed by atoms with Gasteiger partial charge in [0.15, 0.2) is 0 Å². The zero-order valence-corrected chi connectivity index (χ0v) is 10.2. The molecule has 3 heteroatoms. The lowest BCUT2D eigenvalue weighted by Crippen LogP contribution is -2.21. The number of rotatable bonds is 3. The molecule has 2 aliphatic rings. The molecule has 1 saturated heterocycles. The minimum Gasteiger partial charge on any atom is -0.468 e. The van der Waals surface area contributed by atoms with Gasteiger partial charge in [0, 0.05) is 18.8 Å². The molecule has 1 saturated carbocycles. The molecule has 1 aliphatic carbocycles. The van der Waals surface area contributed by atoms with E-state index < -0.39 is 0 Å². The fourth-order valence-electron chi connectivity index (χ4n) is 2.32. The smallest absolute Gasteiger partial charge is 0.293 e. The number of carbonyl (C=O) groups excluding carboxylic acids is 1. The second kappa shape index (κ2) is 5.71. The number of hydrogen-bond donors (Lipinski definition) is 0. The standard InChI is InChI=1S/C11H13N.C3H6O2/c1-2-4-11(5-3-1)12-7-9-6-10(9)8-12;1-2-5-3-4/h1-5,9-10H,6-8H2;3H,2H2,1H3. The third-order valence-corrected chi connectivity index (χ3v) is 3.33. The van der Waals surface area contributed by atoms with Gasteiger partial charge in [0.1, 0.15) is 0 Å². The van der Waals surface area contributed by atoms with Gasteiger partial charge in [0.2, 0.25) is 0 Å². The minimum absolute atomic E-state index is 0.431. The van der Waals surface area contributed by atoms with Crippen LogP contribution in [0.4, 0.5) is 5.69 Å². The fourth-order valence-corrected chi connectivity index (χ4v) is 2.32. The molecule has 0 radical (unpaired) electrons. The van der Waals surface area contributed by atoms with E-state index in [9.17, 15) is 4.79 Å². The van der Waals surface area contributed by atoms with Gasteiger partial charge in [0.25, 0.3) is 6.47 Å². The highest BCUT2D eigenvalue weighted by Gasteiger charge is 2.44. The quantitative estimate of drug-likeness (QED) is 0.750. The number of fused-ring (bicyclic) bond motifs is 1. The van der Waals surface area contributed by atoms with Crippen LogP contribution in [0.3, 0.4) is 0 Å².